The first kappa shape index (κ1) is 8.61. The van der Waals surface area contributed by atoms with Gasteiger partial charge in [0.1, 0.15) is 0 Å². The summed E-state index contributed by atoms with van der Waals surface area (Å²) in [6, 6.07) is 0. The second-order valence-corrected chi connectivity index (χ2v) is 8.42. The number of hydrogen-bond acceptors (Lipinski definition) is 0. The normalized spacial score (nSPS) is 20.4. The molecule has 0 unspecified atom stereocenters. The van der Waals surface area contributed by atoms with E-state index in [1.54, 1.807) is 17.9 Å². The molecule has 0 nitrogen and oxygen atoms in total. The van der Waals surface area contributed by atoms with Crippen LogP contribution in [0.25, 0.3) is 0 Å². The third kappa shape index (κ3) is 1.76. The Labute approximate surface area is 75.5 Å². The van der Waals surface area contributed by atoms with Gasteiger partial charge in [-0.15, -0.1) is 0 Å². The van der Waals surface area contributed by atoms with Gasteiger partial charge in [-0.05, 0) is 0 Å². The van der Waals surface area contributed by atoms with E-state index in [2.05, 4.69) is 27.7 Å². The molecule has 0 aromatic carbocycles. The van der Waals surface area contributed by atoms with E-state index in [1.807, 2.05) is 0 Å². The molecule has 10 heavy (non-hydrogen) atoms. The Bertz CT molecular complexity index is 167. The SMILES string of the molecule is CC1=C(C)[Se]C(C)=C(C)[Se]1. The van der Waals surface area contributed by atoms with Crippen LogP contribution in [0.2, 0.25) is 0 Å². The van der Waals surface area contributed by atoms with Gasteiger partial charge in [0.25, 0.3) is 0 Å². The Morgan fingerprint density at radius 1 is 0.600 bits per heavy atom. The molecule has 0 aromatic heterocycles. The molecular formula is C8H12Se2. The summed E-state index contributed by atoms with van der Waals surface area (Å²) in [6.07, 6.45) is 0. The van der Waals surface area contributed by atoms with Crippen molar-refractivity contribution >= 4 is 29.9 Å². The predicted molar refractivity (Wildman–Crippen MR) is 48.3 cm³/mol. The minimum atomic E-state index is 0.689. The number of hydrogen-bond donors (Lipinski definition) is 0. The van der Waals surface area contributed by atoms with Crippen LogP contribution in [0.5, 0.6) is 0 Å². The van der Waals surface area contributed by atoms with Crippen LogP contribution in [-0.2, 0) is 0 Å². The molecule has 2 heteroatoms. The van der Waals surface area contributed by atoms with Gasteiger partial charge in [0.2, 0.25) is 0 Å². The Morgan fingerprint density at radius 3 is 1.00 bits per heavy atom. The molecule has 56 valence electrons. The first-order valence-corrected chi connectivity index (χ1v) is 6.74. The fourth-order valence-electron chi connectivity index (χ4n) is 0.747. The summed E-state index contributed by atoms with van der Waals surface area (Å²) in [6.45, 7) is 9.14. The van der Waals surface area contributed by atoms with Crippen molar-refractivity contribution in [1.82, 2.24) is 0 Å². The van der Waals surface area contributed by atoms with E-state index in [-0.39, 0.29) is 0 Å². The zero-order chi connectivity index (χ0) is 7.72. The molecule has 0 saturated carbocycles. The van der Waals surface area contributed by atoms with Gasteiger partial charge in [0, 0.05) is 0 Å². The van der Waals surface area contributed by atoms with Gasteiger partial charge >= 0.3 is 75.5 Å². The molecule has 1 aliphatic heterocycles. The van der Waals surface area contributed by atoms with E-state index in [4.69, 9.17) is 0 Å². The van der Waals surface area contributed by atoms with E-state index >= 15 is 0 Å². The standard InChI is InChI=1S/C8H12Se2/c1-5-6(2)10-8(4)7(3)9-5/h1-4H3. The summed E-state index contributed by atoms with van der Waals surface area (Å²) in [4.78, 5) is 0. The van der Waals surface area contributed by atoms with Crippen LogP contribution in [0.3, 0.4) is 0 Å². The van der Waals surface area contributed by atoms with Gasteiger partial charge in [0.05, 0.1) is 0 Å². The molecule has 0 aliphatic carbocycles. The van der Waals surface area contributed by atoms with E-state index in [0.717, 1.165) is 0 Å². The van der Waals surface area contributed by atoms with Gasteiger partial charge in [-0.1, -0.05) is 0 Å². The van der Waals surface area contributed by atoms with Gasteiger partial charge in [-0.25, -0.2) is 0 Å². The van der Waals surface area contributed by atoms with Crippen LogP contribution < -0.4 is 0 Å². The van der Waals surface area contributed by atoms with Crippen LogP contribution in [0.4, 0.5) is 0 Å². The second-order valence-electron chi connectivity index (χ2n) is 2.43. The molecule has 0 fully saturated rings. The van der Waals surface area contributed by atoms with E-state index in [9.17, 15) is 0 Å². The molecule has 0 saturated heterocycles. The van der Waals surface area contributed by atoms with E-state index in [0.29, 0.717) is 29.9 Å². The number of rotatable bonds is 0. The molecule has 0 atom stereocenters. The summed E-state index contributed by atoms with van der Waals surface area (Å²) in [7, 11) is 0. The molecule has 0 spiro atoms. The predicted octanol–water partition coefficient (Wildman–Crippen LogP) is 1.91. The van der Waals surface area contributed by atoms with Crippen LogP contribution in [0.1, 0.15) is 27.7 Å². The Balaban J connectivity index is 2.81. The maximum atomic E-state index is 2.28. The zero-order valence-electron chi connectivity index (χ0n) is 6.82. The van der Waals surface area contributed by atoms with Crippen molar-refractivity contribution in [3.63, 3.8) is 0 Å². The van der Waals surface area contributed by atoms with E-state index < -0.39 is 0 Å². The van der Waals surface area contributed by atoms with E-state index in [1.165, 1.54) is 0 Å². The monoisotopic (exact) mass is 268 g/mol. The number of allylic oxidation sites excluding steroid dienone is 4. The van der Waals surface area contributed by atoms with Crippen LogP contribution in [0, 0.1) is 0 Å². The first-order chi connectivity index (χ1) is 4.61. The average molecular weight is 266 g/mol. The molecule has 0 bridgehead atoms. The van der Waals surface area contributed by atoms with Crippen molar-refractivity contribution in [3.05, 3.63) is 17.9 Å². The molecule has 1 aliphatic rings. The topological polar surface area (TPSA) is 0 Å². The molecule has 1 rings (SSSR count). The summed E-state index contributed by atoms with van der Waals surface area (Å²) in [5.41, 5.74) is 0. The molecule has 0 N–H and O–H groups in total. The van der Waals surface area contributed by atoms with Crippen molar-refractivity contribution in [1.29, 1.82) is 0 Å². The fraction of sp³-hybridized carbons (Fsp3) is 0.500. The average Bonchev–Trinajstić information content (AvgIpc) is 1.84. The Hall–Kier alpha value is 0.519. The minimum absolute atomic E-state index is 0.689. The quantitative estimate of drug-likeness (QED) is 0.587. The summed E-state index contributed by atoms with van der Waals surface area (Å²) >= 11 is 1.38. The van der Waals surface area contributed by atoms with Gasteiger partial charge in [-0.3, -0.25) is 0 Å². The Morgan fingerprint density at radius 2 is 0.800 bits per heavy atom. The van der Waals surface area contributed by atoms with Crippen LogP contribution in [0.15, 0.2) is 17.9 Å². The summed E-state index contributed by atoms with van der Waals surface area (Å²) in [5.74, 6) is 0. The molecule has 0 amide bonds. The van der Waals surface area contributed by atoms with Gasteiger partial charge in [0.15, 0.2) is 0 Å². The molecule has 0 aromatic rings. The summed E-state index contributed by atoms with van der Waals surface area (Å²) in [5, 5.41) is 0. The third-order valence-electron chi connectivity index (χ3n) is 1.60. The van der Waals surface area contributed by atoms with Crippen molar-refractivity contribution in [3.8, 4) is 0 Å². The Kier molecular flexibility index (Phi) is 2.82. The van der Waals surface area contributed by atoms with Gasteiger partial charge < -0.3 is 0 Å². The third-order valence-corrected chi connectivity index (χ3v) is 8.05. The van der Waals surface area contributed by atoms with Crippen LogP contribution >= 0.6 is 0 Å². The van der Waals surface area contributed by atoms with Crippen molar-refractivity contribution in [2.24, 2.45) is 0 Å². The van der Waals surface area contributed by atoms with Gasteiger partial charge in [-0.2, -0.15) is 0 Å². The molecule has 1 heterocycles. The van der Waals surface area contributed by atoms with Crippen molar-refractivity contribution in [2.75, 3.05) is 0 Å². The maximum absolute atomic E-state index is 2.28. The first-order valence-electron chi connectivity index (χ1n) is 3.32. The van der Waals surface area contributed by atoms with Crippen molar-refractivity contribution < 1.29 is 0 Å². The second kappa shape index (κ2) is 3.28. The summed E-state index contributed by atoms with van der Waals surface area (Å²) < 4.78 is 6.65. The molecule has 0 radical (unpaired) electrons. The fourth-order valence-corrected chi connectivity index (χ4v) is 5.70. The van der Waals surface area contributed by atoms with Crippen molar-refractivity contribution in [2.45, 2.75) is 27.7 Å². The zero-order valence-corrected chi connectivity index (χ0v) is 10.2. The molecular weight excluding hydrogens is 254 g/mol. The van der Waals surface area contributed by atoms with Crippen LogP contribution in [-0.4, -0.2) is 29.9 Å².